The molecule has 74 valence electrons. The van der Waals surface area contributed by atoms with Gasteiger partial charge in [0.05, 0.1) is 11.6 Å². The highest BCUT2D eigenvalue weighted by atomic mass is 32.2. The van der Waals surface area contributed by atoms with E-state index in [1.165, 1.54) is 11.8 Å². The maximum Gasteiger partial charge on any atom is 0.156 e. The van der Waals surface area contributed by atoms with Crippen molar-refractivity contribution >= 4 is 23.1 Å². The summed E-state index contributed by atoms with van der Waals surface area (Å²) in [4.78, 5) is 8.49. The highest BCUT2D eigenvalue weighted by Gasteiger charge is 2.03. The van der Waals surface area contributed by atoms with Gasteiger partial charge in [-0.1, -0.05) is 0 Å². The van der Waals surface area contributed by atoms with Gasteiger partial charge < -0.3 is 0 Å². The molecule has 15 heavy (non-hydrogen) atoms. The lowest BCUT2D eigenvalue weighted by atomic mass is 10.3. The van der Waals surface area contributed by atoms with Crippen molar-refractivity contribution in [2.75, 3.05) is 0 Å². The molecule has 0 spiro atoms. The lowest BCUT2D eigenvalue weighted by molar-refractivity contribution is 1.11. The average Bonchev–Trinajstić information content (AvgIpc) is 2.64. The van der Waals surface area contributed by atoms with E-state index >= 15 is 0 Å². The van der Waals surface area contributed by atoms with Crippen LogP contribution < -0.4 is 0 Å². The lowest BCUT2D eigenvalue weighted by Crippen LogP contribution is -1.81. The molecule has 0 atom stereocenters. The molecular formula is C10H7N3S2. The summed E-state index contributed by atoms with van der Waals surface area (Å²) in [6.07, 6.45) is 1.64. The van der Waals surface area contributed by atoms with Gasteiger partial charge in [0, 0.05) is 17.3 Å². The van der Waals surface area contributed by atoms with Crippen LogP contribution in [-0.4, -0.2) is 9.97 Å². The minimum absolute atomic E-state index is 0.626. The minimum Gasteiger partial charge on any atom is -0.249 e. The quantitative estimate of drug-likeness (QED) is 0.800. The smallest absolute Gasteiger partial charge is 0.156 e. The van der Waals surface area contributed by atoms with Crippen molar-refractivity contribution in [3.05, 3.63) is 35.0 Å². The SMILES string of the molecule is Cc1csc(Sc2cc(C#N)ccn2)n1. The first-order valence-electron chi connectivity index (χ1n) is 4.24. The molecule has 0 aliphatic heterocycles. The zero-order valence-electron chi connectivity index (χ0n) is 7.97. The molecule has 3 nitrogen and oxygen atoms in total. The van der Waals surface area contributed by atoms with Crippen LogP contribution in [0.3, 0.4) is 0 Å². The summed E-state index contributed by atoms with van der Waals surface area (Å²) in [6.45, 7) is 1.96. The van der Waals surface area contributed by atoms with E-state index in [1.54, 1.807) is 29.7 Å². The Morgan fingerprint density at radius 3 is 3.07 bits per heavy atom. The molecule has 2 aromatic heterocycles. The summed E-state index contributed by atoms with van der Waals surface area (Å²) in [5, 5.41) is 11.5. The molecule has 2 rings (SSSR count). The van der Waals surface area contributed by atoms with Gasteiger partial charge in [-0.2, -0.15) is 5.26 Å². The van der Waals surface area contributed by atoms with Crippen LogP contribution in [0.1, 0.15) is 11.3 Å². The predicted molar refractivity (Wildman–Crippen MR) is 59.9 cm³/mol. The summed E-state index contributed by atoms with van der Waals surface area (Å²) < 4.78 is 0.954. The number of pyridine rings is 1. The normalized spacial score (nSPS) is 9.87. The van der Waals surface area contributed by atoms with E-state index in [0.29, 0.717) is 5.56 Å². The second-order valence-electron chi connectivity index (χ2n) is 2.85. The first-order chi connectivity index (χ1) is 7.28. The molecule has 0 aromatic carbocycles. The summed E-state index contributed by atoms with van der Waals surface area (Å²) in [5.41, 5.74) is 1.64. The van der Waals surface area contributed by atoms with Gasteiger partial charge in [0.25, 0.3) is 0 Å². The number of rotatable bonds is 2. The van der Waals surface area contributed by atoms with E-state index in [2.05, 4.69) is 16.0 Å². The molecule has 2 aromatic rings. The Morgan fingerprint density at radius 2 is 2.40 bits per heavy atom. The van der Waals surface area contributed by atoms with Gasteiger partial charge in [0.2, 0.25) is 0 Å². The van der Waals surface area contributed by atoms with E-state index in [4.69, 9.17) is 5.26 Å². The van der Waals surface area contributed by atoms with Crippen molar-refractivity contribution in [3.63, 3.8) is 0 Å². The zero-order chi connectivity index (χ0) is 10.7. The lowest BCUT2D eigenvalue weighted by Gasteiger charge is -1.95. The van der Waals surface area contributed by atoms with E-state index in [1.807, 2.05) is 12.3 Å². The fourth-order valence-corrected chi connectivity index (χ4v) is 2.79. The van der Waals surface area contributed by atoms with Crippen LogP contribution in [-0.2, 0) is 0 Å². The van der Waals surface area contributed by atoms with Crippen molar-refractivity contribution in [3.8, 4) is 6.07 Å². The molecule has 0 unspecified atom stereocenters. The molecular weight excluding hydrogens is 226 g/mol. The van der Waals surface area contributed by atoms with Gasteiger partial charge >= 0.3 is 0 Å². The molecule has 0 amide bonds. The van der Waals surface area contributed by atoms with Crippen LogP contribution in [0.4, 0.5) is 0 Å². The molecule has 0 aliphatic carbocycles. The third kappa shape index (κ3) is 2.55. The fraction of sp³-hybridized carbons (Fsp3) is 0.100. The van der Waals surface area contributed by atoms with Crippen LogP contribution in [0.25, 0.3) is 0 Å². The number of aromatic nitrogens is 2. The minimum atomic E-state index is 0.626. The first-order valence-corrected chi connectivity index (χ1v) is 5.93. The molecule has 0 fully saturated rings. The van der Waals surface area contributed by atoms with Gasteiger partial charge in [-0.25, -0.2) is 9.97 Å². The topological polar surface area (TPSA) is 49.6 Å². The van der Waals surface area contributed by atoms with Crippen LogP contribution in [0.2, 0.25) is 0 Å². The summed E-state index contributed by atoms with van der Waals surface area (Å²) >= 11 is 3.07. The van der Waals surface area contributed by atoms with Gasteiger partial charge in [0.15, 0.2) is 4.34 Å². The summed E-state index contributed by atoms with van der Waals surface area (Å²) in [7, 11) is 0. The zero-order valence-corrected chi connectivity index (χ0v) is 9.60. The monoisotopic (exact) mass is 233 g/mol. The summed E-state index contributed by atoms with van der Waals surface area (Å²) in [6, 6.07) is 5.54. The molecule has 0 saturated heterocycles. The summed E-state index contributed by atoms with van der Waals surface area (Å²) in [5.74, 6) is 0. The second-order valence-corrected chi connectivity index (χ2v) is 4.98. The van der Waals surface area contributed by atoms with Crippen LogP contribution in [0.5, 0.6) is 0 Å². The Balaban J connectivity index is 2.21. The van der Waals surface area contributed by atoms with Crippen molar-refractivity contribution < 1.29 is 0 Å². The Hall–Kier alpha value is -1.38. The maximum atomic E-state index is 8.73. The number of aryl methyl sites for hydroxylation is 1. The van der Waals surface area contributed by atoms with Gasteiger partial charge in [0.1, 0.15) is 5.03 Å². The van der Waals surface area contributed by atoms with Crippen molar-refractivity contribution in [2.45, 2.75) is 16.3 Å². The Bertz CT molecular complexity index is 513. The Labute approximate surface area is 95.8 Å². The third-order valence-corrected chi connectivity index (χ3v) is 3.64. The molecule has 0 saturated carbocycles. The average molecular weight is 233 g/mol. The predicted octanol–water partition coefficient (Wildman–Crippen LogP) is 2.87. The van der Waals surface area contributed by atoms with Gasteiger partial charge in [-0.15, -0.1) is 11.3 Å². The van der Waals surface area contributed by atoms with E-state index in [0.717, 1.165) is 15.1 Å². The highest BCUT2D eigenvalue weighted by Crippen LogP contribution is 2.28. The Kier molecular flexibility index (Phi) is 2.99. The molecule has 0 radical (unpaired) electrons. The molecule has 2 heterocycles. The van der Waals surface area contributed by atoms with Crippen LogP contribution >= 0.6 is 23.1 Å². The van der Waals surface area contributed by atoms with Crippen LogP contribution in [0, 0.1) is 18.3 Å². The fourth-order valence-electron chi connectivity index (χ4n) is 1.00. The largest absolute Gasteiger partial charge is 0.249 e. The standard InChI is InChI=1S/C10H7N3S2/c1-7-6-14-10(13-7)15-9-4-8(5-11)2-3-12-9/h2-4,6H,1H3. The van der Waals surface area contributed by atoms with Gasteiger partial charge in [-0.3, -0.25) is 0 Å². The molecule has 0 bridgehead atoms. The van der Waals surface area contributed by atoms with Crippen molar-refractivity contribution in [2.24, 2.45) is 0 Å². The molecule has 5 heteroatoms. The number of thiazole rings is 1. The van der Waals surface area contributed by atoms with Crippen molar-refractivity contribution in [1.82, 2.24) is 9.97 Å². The molecule has 0 aliphatic rings. The molecule has 0 N–H and O–H groups in total. The Morgan fingerprint density at radius 1 is 1.53 bits per heavy atom. The highest BCUT2D eigenvalue weighted by molar-refractivity contribution is 8.01. The first kappa shape index (κ1) is 10.1. The van der Waals surface area contributed by atoms with E-state index in [-0.39, 0.29) is 0 Å². The number of hydrogen-bond acceptors (Lipinski definition) is 5. The maximum absolute atomic E-state index is 8.73. The number of hydrogen-bond donors (Lipinski definition) is 0. The second kappa shape index (κ2) is 4.43. The third-order valence-electron chi connectivity index (χ3n) is 1.65. The van der Waals surface area contributed by atoms with Gasteiger partial charge in [-0.05, 0) is 30.8 Å². The van der Waals surface area contributed by atoms with E-state index < -0.39 is 0 Å². The number of nitriles is 1. The van der Waals surface area contributed by atoms with Crippen molar-refractivity contribution in [1.29, 1.82) is 5.26 Å². The van der Waals surface area contributed by atoms with E-state index in [9.17, 15) is 0 Å². The number of nitrogens with zero attached hydrogens (tertiary/aromatic N) is 3. The van der Waals surface area contributed by atoms with Crippen LogP contribution in [0.15, 0.2) is 33.1 Å².